The zero-order valence-corrected chi connectivity index (χ0v) is 18.3. The maximum absolute atomic E-state index is 13.4. The van der Waals surface area contributed by atoms with Crippen LogP contribution in [0, 0.1) is 12.7 Å². The lowest BCUT2D eigenvalue weighted by molar-refractivity contribution is 0.101. The number of halogens is 3. The zero-order chi connectivity index (χ0) is 22.7. The molecule has 164 valence electrons. The molecule has 0 saturated carbocycles. The molecule has 2 heterocycles. The minimum absolute atomic E-state index is 0.0237. The fourth-order valence-electron chi connectivity index (χ4n) is 2.98. The van der Waals surface area contributed by atoms with Gasteiger partial charge in [-0.05, 0) is 30.7 Å². The highest BCUT2D eigenvalue weighted by molar-refractivity contribution is 6.33. The number of aromatic nitrogens is 3. The molecule has 4 aromatic rings. The Hall–Kier alpha value is -3.36. The molecule has 0 unspecified atom stereocenters. The van der Waals surface area contributed by atoms with Gasteiger partial charge in [-0.15, -0.1) is 0 Å². The Morgan fingerprint density at radius 2 is 2.00 bits per heavy atom. The van der Waals surface area contributed by atoms with Crippen LogP contribution >= 0.6 is 23.2 Å². The molecular formula is C22H17Cl2FN4O3. The third kappa shape index (κ3) is 4.92. The Labute approximate surface area is 192 Å². The molecule has 0 bridgehead atoms. The van der Waals surface area contributed by atoms with Crippen LogP contribution in [0.5, 0.6) is 5.75 Å². The lowest BCUT2D eigenvalue weighted by Crippen LogP contribution is -2.16. The summed E-state index contributed by atoms with van der Waals surface area (Å²) in [5.41, 5.74) is 1.31. The number of ether oxygens (including phenoxy) is 1. The number of carbonyl (C=O) groups is 1. The molecule has 2 aromatic heterocycles. The van der Waals surface area contributed by atoms with E-state index in [1.807, 2.05) is 18.2 Å². The molecule has 0 fully saturated rings. The van der Waals surface area contributed by atoms with Crippen molar-refractivity contribution in [2.45, 2.75) is 20.1 Å². The molecule has 0 aliphatic rings. The highest BCUT2D eigenvalue weighted by Gasteiger charge is 2.22. The molecule has 0 saturated heterocycles. The van der Waals surface area contributed by atoms with Gasteiger partial charge in [-0.2, -0.15) is 5.10 Å². The monoisotopic (exact) mass is 474 g/mol. The van der Waals surface area contributed by atoms with E-state index in [1.165, 1.54) is 18.2 Å². The van der Waals surface area contributed by atoms with Gasteiger partial charge in [0, 0.05) is 17.3 Å². The van der Waals surface area contributed by atoms with Crippen LogP contribution in [0.15, 0.2) is 59.3 Å². The fraction of sp³-hybridized carbons (Fsp3) is 0.136. The summed E-state index contributed by atoms with van der Waals surface area (Å²) in [6, 6.07) is 13.1. The Morgan fingerprint density at radius 3 is 2.78 bits per heavy atom. The molecule has 4 rings (SSSR count). The van der Waals surface area contributed by atoms with Crippen LogP contribution < -0.4 is 10.1 Å². The van der Waals surface area contributed by atoms with Gasteiger partial charge >= 0.3 is 0 Å². The van der Waals surface area contributed by atoms with Gasteiger partial charge in [0.1, 0.15) is 29.0 Å². The first kappa shape index (κ1) is 21.9. The highest BCUT2D eigenvalue weighted by Crippen LogP contribution is 2.24. The van der Waals surface area contributed by atoms with Gasteiger partial charge in [0.15, 0.2) is 11.5 Å². The summed E-state index contributed by atoms with van der Waals surface area (Å²) in [6.07, 6.45) is 1.59. The van der Waals surface area contributed by atoms with Gasteiger partial charge in [0.25, 0.3) is 5.91 Å². The molecule has 10 heteroatoms. The number of nitrogens with one attached hydrogen (secondary N) is 1. The average molecular weight is 475 g/mol. The molecule has 1 amide bonds. The smallest absolute Gasteiger partial charge is 0.279 e. The molecule has 1 N–H and O–H groups in total. The van der Waals surface area contributed by atoms with E-state index in [0.29, 0.717) is 28.6 Å². The standard InChI is InChI=1S/C22H17Cl2FN4O3/c1-13-17(12-31-16-7-4-6-15(25)9-16)20(28-32-13)22(30)26-21-19(24)11-29(27-21)10-14-5-2-3-8-18(14)23/h2-9,11H,10,12H2,1H3,(H,26,27,30). The van der Waals surface area contributed by atoms with Crippen molar-refractivity contribution >= 4 is 34.9 Å². The summed E-state index contributed by atoms with van der Waals surface area (Å²) in [5, 5.41) is 11.6. The van der Waals surface area contributed by atoms with Gasteiger partial charge in [-0.1, -0.05) is 52.6 Å². The second-order valence-electron chi connectivity index (χ2n) is 6.88. The molecule has 0 spiro atoms. The topological polar surface area (TPSA) is 82.2 Å². The van der Waals surface area contributed by atoms with E-state index in [9.17, 15) is 9.18 Å². The first-order chi connectivity index (χ1) is 15.4. The van der Waals surface area contributed by atoms with E-state index in [4.69, 9.17) is 32.5 Å². The van der Waals surface area contributed by atoms with Crippen molar-refractivity contribution in [2.24, 2.45) is 0 Å². The zero-order valence-electron chi connectivity index (χ0n) is 16.8. The minimum atomic E-state index is -0.565. The number of benzene rings is 2. The van der Waals surface area contributed by atoms with Crippen molar-refractivity contribution in [1.29, 1.82) is 0 Å². The van der Waals surface area contributed by atoms with Crippen molar-refractivity contribution in [2.75, 3.05) is 5.32 Å². The lowest BCUT2D eigenvalue weighted by atomic mass is 10.2. The van der Waals surface area contributed by atoms with Crippen LogP contribution in [0.3, 0.4) is 0 Å². The summed E-state index contributed by atoms with van der Waals surface area (Å²) in [7, 11) is 0. The van der Waals surface area contributed by atoms with E-state index in [0.717, 1.165) is 5.56 Å². The van der Waals surface area contributed by atoms with Crippen molar-refractivity contribution in [3.8, 4) is 5.75 Å². The summed E-state index contributed by atoms with van der Waals surface area (Å²) >= 11 is 12.4. The fourth-order valence-corrected chi connectivity index (χ4v) is 3.38. The predicted molar refractivity (Wildman–Crippen MR) is 118 cm³/mol. The number of anilines is 1. The SMILES string of the molecule is Cc1onc(C(=O)Nc2nn(Cc3ccccc3Cl)cc2Cl)c1COc1cccc(F)c1. The number of aryl methyl sites for hydroxylation is 1. The van der Waals surface area contributed by atoms with Crippen LogP contribution in [-0.4, -0.2) is 20.8 Å². The second kappa shape index (κ2) is 9.42. The molecule has 2 aromatic carbocycles. The number of hydrogen-bond acceptors (Lipinski definition) is 5. The third-order valence-electron chi connectivity index (χ3n) is 4.62. The Bertz CT molecular complexity index is 1270. The van der Waals surface area contributed by atoms with Crippen molar-refractivity contribution in [3.05, 3.63) is 93.2 Å². The normalized spacial score (nSPS) is 10.9. The number of hydrogen-bond donors (Lipinski definition) is 1. The summed E-state index contributed by atoms with van der Waals surface area (Å²) < 4.78 is 25.7. The Balaban J connectivity index is 1.48. The maximum atomic E-state index is 13.4. The van der Waals surface area contributed by atoms with Crippen LogP contribution in [-0.2, 0) is 13.2 Å². The quantitative estimate of drug-likeness (QED) is 0.382. The maximum Gasteiger partial charge on any atom is 0.279 e. The van der Waals surface area contributed by atoms with Crippen molar-refractivity contribution in [1.82, 2.24) is 14.9 Å². The summed E-state index contributed by atoms with van der Waals surface area (Å²) in [6.45, 7) is 2.00. The van der Waals surface area contributed by atoms with Crippen molar-refractivity contribution < 1.29 is 18.4 Å². The molecule has 0 atom stereocenters. The first-order valence-electron chi connectivity index (χ1n) is 9.52. The summed E-state index contributed by atoms with van der Waals surface area (Å²) in [4.78, 5) is 12.8. The minimum Gasteiger partial charge on any atom is -0.489 e. The van der Waals surface area contributed by atoms with E-state index in [-0.39, 0.29) is 23.1 Å². The first-order valence-corrected chi connectivity index (χ1v) is 10.3. The van der Waals surface area contributed by atoms with Crippen LogP contribution in [0.2, 0.25) is 10.0 Å². The van der Waals surface area contributed by atoms with Gasteiger partial charge in [-0.25, -0.2) is 4.39 Å². The molecule has 7 nitrogen and oxygen atoms in total. The number of carbonyl (C=O) groups excluding carboxylic acids is 1. The Morgan fingerprint density at radius 1 is 1.19 bits per heavy atom. The van der Waals surface area contributed by atoms with E-state index in [2.05, 4.69) is 15.6 Å². The van der Waals surface area contributed by atoms with Gasteiger partial charge in [0.05, 0.1) is 12.1 Å². The second-order valence-corrected chi connectivity index (χ2v) is 7.70. The summed E-state index contributed by atoms with van der Waals surface area (Å²) in [5.74, 6) is -0.101. The molecule has 0 aliphatic carbocycles. The van der Waals surface area contributed by atoms with Crippen LogP contribution in [0.25, 0.3) is 0 Å². The van der Waals surface area contributed by atoms with Gasteiger partial charge < -0.3 is 14.6 Å². The number of rotatable bonds is 7. The van der Waals surface area contributed by atoms with E-state index < -0.39 is 11.7 Å². The molecule has 0 aliphatic heterocycles. The molecule has 0 radical (unpaired) electrons. The largest absolute Gasteiger partial charge is 0.489 e. The lowest BCUT2D eigenvalue weighted by Gasteiger charge is -2.07. The van der Waals surface area contributed by atoms with Gasteiger partial charge in [0.2, 0.25) is 0 Å². The average Bonchev–Trinajstić information content (AvgIpc) is 3.30. The van der Waals surface area contributed by atoms with Gasteiger partial charge in [-0.3, -0.25) is 9.48 Å². The highest BCUT2D eigenvalue weighted by atomic mass is 35.5. The van der Waals surface area contributed by atoms with Crippen LogP contribution in [0.1, 0.15) is 27.4 Å². The number of amides is 1. The number of nitrogens with zero attached hydrogens (tertiary/aromatic N) is 3. The van der Waals surface area contributed by atoms with E-state index >= 15 is 0 Å². The van der Waals surface area contributed by atoms with Crippen molar-refractivity contribution in [3.63, 3.8) is 0 Å². The third-order valence-corrected chi connectivity index (χ3v) is 5.26. The Kier molecular flexibility index (Phi) is 6.43. The predicted octanol–water partition coefficient (Wildman–Crippen LogP) is 5.51. The van der Waals surface area contributed by atoms with E-state index in [1.54, 1.807) is 29.9 Å². The molecule has 32 heavy (non-hydrogen) atoms. The van der Waals surface area contributed by atoms with Crippen LogP contribution in [0.4, 0.5) is 10.2 Å². The molecular weight excluding hydrogens is 458 g/mol.